The van der Waals surface area contributed by atoms with Gasteiger partial charge in [-0.2, -0.15) is 11.3 Å². The molecule has 4 rings (SSSR count). The molecule has 0 saturated heterocycles. The molecule has 0 saturated carbocycles. The molecule has 3 N–H and O–H groups in total. The van der Waals surface area contributed by atoms with E-state index in [1.54, 1.807) is 61.6 Å². The summed E-state index contributed by atoms with van der Waals surface area (Å²) >= 11 is 1.59. The number of benzene rings is 2. The van der Waals surface area contributed by atoms with Gasteiger partial charge in [-0.15, -0.1) is 0 Å². The maximum absolute atomic E-state index is 13.4. The van der Waals surface area contributed by atoms with Gasteiger partial charge < -0.3 is 20.1 Å². The van der Waals surface area contributed by atoms with Gasteiger partial charge in [0.25, 0.3) is 5.91 Å². The average Bonchev–Trinajstić information content (AvgIpc) is 3.52. The van der Waals surface area contributed by atoms with Crippen molar-refractivity contribution in [2.45, 2.75) is 19.9 Å². The Morgan fingerprint density at radius 2 is 1.72 bits per heavy atom. The Labute approximate surface area is 213 Å². The van der Waals surface area contributed by atoms with E-state index in [1.807, 2.05) is 29.0 Å². The van der Waals surface area contributed by atoms with E-state index in [0.717, 1.165) is 11.1 Å². The van der Waals surface area contributed by atoms with E-state index < -0.39 is 29.5 Å². The number of ketones is 1. The maximum Gasteiger partial charge on any atom is 0.294 e. The molecule has 1 atom stereocenters. The van der Waals surface area contributed by atoms with Gasteiger partial charge in [-0.1, -0.05) is 44.2 Å². The van der Waals surface area contributed by atoms with Crippen LogP contribution < -0.4 is 9.64 Å². The van der Waals surface area contributed by atoms with E-state index in [0.29, 0.717) is 17.0 Å². The van der Waals surface area contributed by atoms with Crippen LogP contribution >= 0.6 is 11.3 Å². The molecule has 1 aromatic heterocycles. The van der Waals surface area contributed by atoms with Gasteiger partial charge in [-0.25, -0.2) is 0 Å². The second kappa shape index (κ2) is 11.1. The molecule has 188 valence electrons. The van der Waals surface area contributed by atoms with E-state index >= 15 is 0 Å². The quantitative estimate of drug-likeness (QED) is 0.373. The van der Waals surface area contributed by atoms with Crippen LogP contribution in [0.4, 0.5) is 5.69 Å². The average molecular weight is 508 g/mol. The van der Waals surface area contributed by atoms with Crippen LogP contribution in [0.3, 0.4) is 0 Å². The predicted molar refractivity (Wildman–Crippen MR) is 139 cm³/mol. The molecule has 1 amide bonds. The molecule has 0 bridgehead atoms. The summed E-state index contributed by atoms with van der Waals surface area (Å²) in [6, 6.07) is 15.5. The highest BCUT2D eigenvalue weighted by Gasteiger charge is 2.45. The number of thiophene rings is 1. The number of carbonyl (C=O) groups excluding carboxylic acids is 2. The molecule has 0 radical (unpaired) electrons. The Bertz CT molecular complexity index is 1250. The van der Waals surface area contributed by atoms with Crippen LogP contribution in [-0.4, -0.2) is 46.8 Å². The van der Waals surface area contributed by atoms with Crippen molar-refractivity contribution < 1.29 is 29.6 Å². The summed E-state index contributed by atoms with van der Waals surface area (Å²) in [6.07, 6.45) is 0. The summed E-state index contributed by atoms with van der Waals surface area (Å²) in [4.78, 5) is 28.0. The lowest BCUT2D eigenvalue weighted by molar-refractivity contribution is -0.119. The van der Waals surface area contributed by atoms with E-state index in [9.17, 15) is 24.9 Å². The number of aliphatic hydroxyl groups is 3. The standard InChI is InChI=1S/C28H29NO6S/c1-17(2)26(32)24-25(22-5-3-4-6-23(22)35-15-18(13-30)14-31)29(28(34)27(24)33)21-9-7-19(8-10-21)20-11-12-36-16-20/h3-12,16-18,25,30-31,33H,13-15H2,1-2H3. The zero-order valence-corrected chi connectivity index (χ0v) is 20.9. The summed E-state index contributed by atoms with van der Waals surface area (Å²) < 4.78 is 5.93. The van der Waals surface area contributed by atoms with Gasteiger partial charge in [0.15, 0.2) is 11.5 Å². The van der Waals surface area contributed by atoms with Gasteiger partial charge in [0, 0.05) is 23.1 Å². The van der Waals surface area contributed by atoms with Crippen molar-refractivity contribution >= 4 is 28.7 Å². The lowest BCUT2D eigenvalue weighted by atomic mass is 9.90. The normalized spacial score (nSPS) is 15.9. The van der Waals surface area contributed by atoms with Crippen LogP contribution in [0.25, 0.3) is 11.1 Å². The minimum atomic E-state index is -0.905. The number of para-hydroxylation sites is 1. The van der Waals surface area contributed by atoms with Crippen LogP contribution in [0.5, 0.6) is 5.75 Å². The molecule has 8 heteroatoms. The fourth-order valence-electron chi connectivity index (χ4n) is 4.18. The first-order valence-corrected chi connectivity index (χ1v) is 12.7. The third-order valence-corrected chi connectivity index (χ3v) is 6.89. The highest BCUT2D eigenvalue weighted by atomic mass is 32.1. The molecule has 1 aliphatic rings. The Morgan fingerprint density at radius 1 is 1.03 bits per heavy atom. The molecule has 2 aromatic carbocycles. The number of anilines is 1. The number of hydrogen-bond acceptors (Lipinski definition) is 7. The number of hydrogen-bond donors (Lipinski definition) is 3. The molecule has 36 heavy (non-hydrogen) atoms. The summed E-state index contributed by atoms with van der Waals surface area (Å²) in [7, 11) is 0. The SMILES string of the molecule is CC(C)C(=O)C1=C(O)C(=O)N(c2ccc(-c3ccsc3)cc2)C1c1ccccc1OCC(CO)CO. The third-order valence-electron chi connectivity index (χ3n) is 6.20. The zero-order chi connectivity index (χ0) is 25.8. The zero-order valence-electron chi connectivity index (χ0n) is 20.1. The van der Waals surface area contributed by atoms with Crippen molar-refractivity contribution in [2.24, 2.45) is 11.8 Å². The number of carbonyl (C=O) groups is 2. The molecule has 1 unspecified atom stereocenters. The van der Waals surface area contributed by atoms with Crippen LogP contribution in [0.15, 0.2) is 76.7 Å². The predicted octanol–water partition coefficient (Wildman–Crippen LogP) is 4.52. The van der Waals surface area contributed by atoms with Gasteiger partial charge in [-0.3, -0.25) is 14.5 Å². The topological polar surface area (TPSA) is 107 Å². The first-order valence-electron chi connectivity index (χ1n) is 11.7. The van der Waals surface area contributed by atoms with Crippen molar-refractivity contribution in [3.05, 3.63) is 82.3 Å². The van der Waals surface area contributed by atoms with Gasteiger partial charge >= 0.3 is 0 Å². The van der Waals surface area contributed by atoms with E-state index in [4.69, 9.17) is 4.74 Å². The van der Waals surface area contributed by atoms with E-state index in [2.05, 4.69) is 0 Å². The Morgan fingerprint density at radius 3 is 2.33 bits per heavy atom. The number of rotatable bonds is 10. The lowest BCUT2D eigenvalue weighted by Crippen LogP contribution is -2.32. The van der Waals surface area contributed by atoms with Gasteiger partial charge in [0.05, 0.1) is 31.4 Å². The minimum Gasteiger partial charge on any atom is -0.503 e. The molecule has 3 aromatic rings. The van der Waals surface area contributed by atoms with Crippen LogP contribution in [0.1, 0.15) is 25.5 Å². The summed E-state index contributed by atoms with van der Waals surface area (Å²) in [5, 5.41) is 33.8. The highest BCUT2D eigenvalue weighted by molar-refractivity contribution is 7.08. The molecule has 0 aliphatic carbocycles. The number of Topliss-reactive ketones (excluding diaryl/α,β-unsaturated/α-hetero) is 1. The number of ether oxygens (including phenoxy) is 1. The summed E-state index contributed by atoms with van der Waals surface area (Å²) in [5.74, 6) is -2.10. The molecular weight excluding hydrogens is 478 g/mol. The number of aliphatic hydroxyl groups excluding tert-OH is 3. The highest BCUT2D eigenvalue weighted by Crippen LogP contribution is 2.45. The van der Waals surface area contributed by atoms with E-state index in [-0.39, 0.29) is 31.2 Å². The van der Waals surface area contributed by atoms with E-state index in [1.165, 1.54) is 4.90 Å². The smallest absolute Gasteiger partial charge is 0.294 e. The molecule has 1 aliphatic heterocycles. The van der Waals surface area contributed by atoms with Crippen LogP contribution in [0, 0.1) is 11.8 Å². The largest absolute Gasteiger partial charge is 0.503 e. The lowest BCUT2D eigenvalue weighted by Gasteiger charge is -2.29. The van der Waals surface area contributed by atoms with Crippen molar-refractivity contribution in [3.63, 3.8) is 0 Å². The van der Waals surface area contributed by atoms with Crippen molar-refractivity contribution in [2.75, 3.05) is 24.7 Å². The molecular formula is C28H29NO6S. The Kier molecular flexibility index (Phi) is 7.88. The molecule has 2 heterocycles. The fraction of sp³-hybridized carbons (Fsp3) is 0.286. The van der Waals surface area contributed by atoms with Crippen molar-refractivity contribution in [1.29, 1.82) is 0 Å². The maximum atomic E-state index is 13.4. The molecule has 0 spiro atoms. The fourth-order valence-corrected chi connectivity index (χ4v) is 4.85. The first kappa shape index (κ1) is 25.6. The Hall–Kier alpha value is -3.46. The first-order chi connectivity index (χ1) is 17.4. The second-order valence-corrected chi connectivity index (χ2v) is 9.78. The van der Waals surface area contributed by atoms with Crippen molar-refractivity contribution in [1.82, 2.24) is 0 Å². The summed E-state index contributed by atoms with van der Waals surface area (Å²) in [6.45, 7) is 2.99. The van der Waals surface area contributed by atoms with Crippen LogP contribution in [0.2, 0.25) is 0 Å². The number of amides is 1. The van der Waals surface area contributed by atoms with Crippen molar-refractivity contribution in [3.8, 4) is 16.9 Å². The monoisotopic (exact) mass is 507 g/mol. The van der Waals surface area contributed by atoms with Crippen LogP contribution in [-0.2, 0) is 9.59 Å². The summed E-state index contributed by atoms with van der Waals surface area (Å²) in [5.41, 5.74) is 3.12. The Balaban J connectivity index is 1.79. The number of nitrogens with zero attached hydrogens (tertiary/aromatic N) is 1. The molecule has 0 fully saturated rings. The van der Waals surface area contributed by atoms with Gasteiger partial charge in [0.2, 0.25) is 0 Å². The third kappa shape index (κ3) is 4.93. The van der Waals surface area contributed by atoms with Gasteiger partial charge in [0.1, 0.15) is 5.75 Å². The van der Waals surface area contributed by atoms with Gasteiger partial charge in [-0.05, 0) is 46.2 Å². The minimum absolute atomic E-state index is 0.0221. The molecule has 7 nitrogen and oxygen atoms in total. The second-order valence-electron chi connectivity index (χ2n) is 9.00.